The van der Waals surface area contributed by atoms with Crippen LogP contribution in [0.4, 0.5) is 0 Å². The summed E-state index contributed by atoms with van der Waals surface area (Å²) in [5.74, 6) is -0.00717. The molecule has 3 rings (SSSR count). The van der Waals surface area contributed by atoms with Crippen LogP contribution in [0.3, 0.4) is 0 Å². The fourth-order valence-corrected chi connectivity index (χ4v) is 3.72. The molecule has 0 unspecified atom stereocenters. The number of nitrogens with zero attached hydrogens (tertiary/aromatic N) is 1. The van der Waals surface area contributed by atoms with Crippen LogP contribution < -0.4 is 0 Å². The number of thiophene rings is 1. The molecule has 0 fully saturated rings. The van der Waals surface area contributed by atoms with Gasteiger partial charge in [-0.2, -0.15) is 0 Å². The van der Waals surface area contributed by atoms with Gasteiger partial charge in [-0.25, -0.2) is 4.98 Å². The number of hydrogen-bond acceptors (Lipinski definition) is 3. The van der Waals surface area contributed by atoms with Crippen LogP contribution in [0, 0.1) is 20.8 Å². The van der Waals surface area contributed by atoms with Crippen molar-refractivity contribution >= 4 is 45.7 Å². The summed E-state index contributed by atoms with van der Waals surface area (Å²) in [5.41, 5.74) is 3.48. The van der Waals surface area contributed by atoms with Crippen LogP contribution in [-0.2, 0) is 0 Å². The number of aromatic nitrogens is 1. The molecule has 2 aromatic heterocycles. The second-order valence-electron chi connectivity index (χ2n) is 5.54. The number of halogens is 1. The van der Waals surface area contributed by atoms with Gasteiger partial charge >= 0.3 is 0 Å². The largest absolute Gasteiger partial charge is 0.289 e. The molecule has 2 heterocycles. The maximum Gasteiger partial charge on any atom is 0.186 e. The lowest BCUT2D eigenvalue weighted by atomic mass is 10.1. The number of pyridine rings is 1. The van der Waals surface area contributed by atoms with Crippen molar-refractivity contribution < 1.29 is 4.79 Å². The molecular weight excluding hydrogens is 326 g/mol. The lowest BCUT2D eigenvalue weighted by Gasteiger charge is -2.04. The minimum Gasteiger partial charge on any atom is -0.289 e. The summed E-state index contributed by atoms with van der Waals surface area (Å²) in [6.07, 6.45) is 3.31. The van der Waals surface area contributed by atoms with Crippen LogP contribution in [0.15, 0.2) is 36.4 Å². The quantitative estimate of drug-likeness (QED) is 0.344. The van der Waals surface area contributed by atoms with Crippen molar-refractivity contribution in [2.24, 2.45) is 0 Å². The van der Waals surface area contributed by atoms with Crippen molar-refractivity contribution in [3.8, 4) is 0 Å². The summed E-state index contributed by atoms with van der Waals surface area (Å²) in [6, 6.07) is 9.89. The molecule has 0 aliphatic rings. The van der Waals surface area contributed by atoms with Crippen molar-refractivity contribution in [2.45, 2.75) is 20.8 Å². The molecule has 0 aliphatic carbocycles. The molecule has 1 aromatic carbocycles. The molecule has 0 amide bonds. The standard InChI is InChI=1S/C19H16ClNOS/c1-11-5-4-6-14-10-15(19(20)21-18(11)14)7-8-17(22)16-9-12(2)23-13(16)3/h4-10H,1-3H3/b8-7+. The van der Waals surface area contributed by atoms with E-state index in [4.69, 9.17) is 11.6 Å². The molecule has 4 heteroatoms. The van der Waals surface area contributed by atoms with Gasteiger partial charge in [-0.3, -0.25) is 4.79 Å². The molecule has 0 spiro atoms. The number of aryl methyl sites for hydroxylation is 3. The molecule has 0 aliphatic heterocycles. The van der Waals surface area contributed by atoms with Crippen LogP contribution in [0.5, 0.6) is 0 Å². The average Bonchev–Trinajstić information content (AvgIpc) is 2.84. The molecule has 0 radical (unpaired) electrons. The number of para-hydroxylation sites is 1. The van der Waals surface area contributed by atoms with Crippen LogP contribution in [0.25, 0.3) is 17.0 Å². The zero-order chi connectivity index (χ0) is 16.6. The van der Waals surface area contributed by atoms with E-state index < -0.39 is 0 Å². The monoisotopic (exact) mass is 341 g/mol. The van der Waals surface area contributed by atoms with E-state index in [0.29, 0.717) is 5.15 Å². The Balaban J connectivity index is 1.96. The molecule has 2 nitrogen and oxygen atoms in total. The fraction of sp³-hybridized carbons (Fsp3) is 0.158. The van der Waals surface area contributed by atoms with Crippen molar-refractivity contribution in [2.75, 3.05) is 0 Å². The third-order valence-electron chi connectivity index (χ3n) is 3.75. The summed E-state index contributed by atoms with van der Waals surface area (Å²) in [4.78, 5) is 19.0. The van der Waals surface area contributed by atoms with Gasteiger partial charge in [0.1, 0.15) is 5.15 Å². The highest BCUT2D eigenvalue weighted by molar-refractivity contribution is 7.12. The maximum absolute atomic E-state index is 12.3. The van der Waals surface area contributed by atoms with Gasteiger partial charge in [0.05, 0.1) is 5.52 Å². The van der Waals surface area contributed by atoms with Crippen LogP contribution in [-0.4, -0.2) is 10.8 Å². The number of carbonyl (C=O) groups is 1. The molecule has 0 saturated heterocycles. The highest BCUT2D eigenvalue weighted by Gasteiger charge is 2.10. The van der Waals surface area contributed by atoms with Crippen molar-refractivity contribution in [1.82, 2.24) is 4.98 Å². The molecule has 0 N–H and O–H groups in total. The first-order valence-corrected chi connectivity index (χ1v) is 8.50. The van der Waals surface area contributed by atoms with Gasteiger partial charge in [0, 0.05) is 26.3 Å². The number of carbonyl (C=O) groups excluding carboxylic acids is 1. The van der Waals surface area contributed by atoms with Crippen molar-refractivity contribution in [3.63, 3.8) is 0 Å². The summed E-state index contributed by atoms with van der Waals surface area (Å²) in [6.45, 7) is 5.98. The third-order valence-corrected chi connectivity index (χ3v) is 5.02. The number of allylic oxidation sites excluding steroid dienone is 1. The first kappa shape index (κ1) is 15.9. The highest BCUT2D eigenvalue weighted by atomic mass is 35.5. The zero-order valence-electron chi connectivity index (χ0n) is 13.2. The zero-order valence-corrected chi connectivity index (χ0v) is 14.8. The lowest BCUT2D eigenvalue weighted by molar-refractivity contribution is 0.104. The molecule has 3 aromatic rings. The van der Waals surface area contributed by atoms with E-state index in [1.807, 2.05) is 51.1 Å². The predicted molar refractivity (Wildman–Crippen MR) is 98.6 cm³/mol. The number of benzene rings is 1. The third kappa shape index (κ3) is 3.21. The first-order valence-electron chi connectivity index (χ1n) is 7.31. The van der Waals surface area contributed by atoms with Gasteiger partial charge in [0.25, 0.3) is 0 Å². The van der Waals surface area contributed by atoms with Gasteiger partial charge in [-0.05, 0) is 50.6 Å². The number of fused-ring (bicyclic) bond motifs is 1. The predicted octanol–water partition coefficient (Wildman–Crippen LogP) is 5.77. The topological polar surface area (TPSA) is 30.0 Å². The molecular formula is C19H16ClNOS. The summed E-state index contributed by atoms with van der Waals surface area (Å²) < 4.78 is 0. The normalized spacial score (nSPS) is 11.5. The van der Waals surface area contributed by atoms with Crippen molar-refractivity contribution in [1.29, 1.82) is 0 Å². The van der Waals surface area contributed by atoms with E-state index in [1.54, 1.807) is 23.5 Å². The number of rotatable bonds is 3. The average molecular weight is 342 g/mol. The first-order chi connectivity index (χ1) is 11.0. The summed E-state index contributed by atoms with van der Waals surface area (Å²) >= 11 is 7.90. The van der Waals surface area contributed by atoms with Crippen LogP contribution >= 0.6 is 22.9 Å². The molecule has 23 heavy (non-hydrogen) atoms. The van der Waals surface area contributed by atoms with Gasteiger partial charge in [0.2, 0.25) is 0 Å². The molecule has 0 bridgehead atoms. The smallest absolute Gasteiger partial charge is 0.186 e. The minimum absolute atomic E-state index is 0.00717. The number of ketones is 1. The van der Waals surface area contributed by atoms with E-state index in [9.17, 15) is 4.79 Å². The van der Waals surface area contributed by atoms with E-state index in [-0.39, 0.29) is 5.78 Å². The van der Waals surface area contributed by atoms with Gasteiger partial charge < -0.3 is 0 Å². The molecule has 0 saturated carbocycles. The Hall–Kier alpha value is -1.97. The minimum atomic E-state index is -0.00717. The van der Waals surface area contributed by atoms with Gasteiger partial charge in [0.15, 0.2) is 5.78 Å². The summed E-state index contributed by atoms with van der Waals surface area (Å²) in [7, 11) is 0. The SMILES string of the molecule is Cc1cc(C(=O)/C=C/c2cc3cccc(C)c3nc2Cl)c(C)s1. The van der Waals surface area contributed by atoms with E-state index in [2.05, 4.69) is 4.98 Å². The second-order valence-corrected chi connectivity index (χ2v) is 7.36. The highest BCUT2D eigenvalue weighted by Crippen LogP contribution is 2.25. The summed E-state index contributed by atoms with van der Waals surface area (Å²) in [5, 5.41) is 1.43. The Morgan fingerprint density at radius 2 is 2.00 bits per heavy atom. The maximum atomic E-state index is 12.3. The van der Waals surface area contributed by atoms with E-state index >= 15 is 0 Å². The number of hydrogen-bond donors (Lipinski definition) is 0. The van der Waals surface area contributed by atoms with Crippen LogP contribution in [0.2, 0.25) is 5.15 Å². The Labute approximate surface area is 144 Å². The van der Waals surface area contributed by atoms with E-state index in [1.165, 1.54) is 0 Å². The Kier molecular flexibility index (Phi) is 4.33. The Morgan fingerprint density at radius 3 is 2.70 bits per heavy atom. The van der Waals surface area contributed by atoms with Gasteiger partial charge in [-0.1, -0.05) is 29.8 Å². The van der Waals surface area contributed by atoms with Crippen LogP contribution in [0.1, 0.15) is 31.2 Å². The fourth-order valence-electron chi connectivity index (χ4n) is 2.59. The second kappa shape index (κ2) is 6.26. The molecule has 0 atom stereocenters. The lowest BCUT2D eigenvalue weighted by Crippen LogP contribution is -1.94. The molecule has 116 valence electrons. The van der Waals surface area contributed by atoms with Gasteiger partial charge in [-0.15, -0.1) is 11.3 Å². The van der Waals surface area contributed by atoms with E-state index in [0.717, 1.165) is 37.3 Å². The Bertz CT molecular complexity index is 940. The van der Waals surface area contributed by atoms with Crippen molar-refractivity contribution in [3.05, 3.63) is 68.0 Å². The Morgan fingerprint density at radius 1 is 1.22 bits per heavy atom.